The molecule has 29 heavy (non-hydrogen) atoms. The van der Waals surface area contributed by atoms with Crippen LogP contribution in [0.1, 0.15) is 37.7 Å². The minimum Gasteiger partial charge on any atom is -0.445 e. The van der Waals surface area contributed by atoms with Gasteiger partial charge < -0.3 is 15.8 Å². The number of carbonyl (C=O) groups excluding carboxylic acids is 2. The number of nitrogens with one attached hydrogen (secondary N) is 1. The number of carbonyl (C=O) groups is 2. The number of rotatable bonds is 5. The summed E-state index contributed by atoms with van der Waals surface area (Å²) in [7, 11) is -4.39. The van der Waals surface area contributed by atoms with Crippen LogP contribution in [-0.4, -0.2) is 59.8 Å². The predicted octanol–water partition coefficient (Wildman–Crippen LogP) is 1.04. The first kappa shape index (κ1) is 21.5. The van der Waals surface area contributed by atoms with Crippen molar-refractivity contribution in [3.8, 4) is 0 Å². The smallest absolute Gasteiger partial charge is 0.410 e. The number of nitrogens with two attached hydrogens (primary N) is 1. The standard InChI is InChI=1S/C19H27N3O6S/c20-14-6-8-15(9-7-14)21-18(23)17-10-16(29(25,26)27)11-22(17)19(24)28-12-13-4-2-1-3-5-13/h1-5,14-17H,6-12,20H2,(H,21,23)(H,25,26,27)/t14-,15-,16-,17-/m0/s1. The van der Waals surface area contributed by atoms with Gasteiger partial charge in [-0.2, -0.15) is 8.42 Å². The molecular weight excluding hydrogens is 398 g/mol. The number of ether oxygens (including phenoxy) is 1. The van der Waals surface area contributed by atoms with Crippen molar-refractivity contribution in [2.24, 2.45) is 5.73 Å². The molecule has 1 saturated heterocycles. The number of likely N-dealkylation sites (tertiary alicyclic amines) is 1. The van der Waals surface area contributed by atoms with Gasteiger partial charge in [0.2, 0.25) is 5.91 Å². The summed E-state index contributed by atoms with van der Waals surface area (Å²) in [5, 5.41) is 1.67. The summed E-state index contributed by atoms with van der Waals surface area (Å²) in [5.74, 6) is -0.437. The van der Waals surface area contributed by atoms with E-state index in [1.165, 1.54) is 0 Å². The minimum absolute atomic E-state index is 0.00156. The van der Waals surface area contributed by atoms with Gasteiger partial charge >= 0.3 is 6.09 Å². The van der Waals surface area contributed by atoms with E-state index in [2.05, 4.69) is 5.32 Å². The monoisotopic (exact) mass is 425 g/mol. The van der Waals surface area contributed by atoms with E-state index in [1.807, 2.05) is 6.07 Å². The second-order valence-corrected chi connectivity index (χ2v) is 9.40. The fraction of sp³-hybridized carbons (Fsp3) is 0.579. The van der Waals surface area contributed by atoms with E-state index in [9.17, 15) is 22.6 Å². The highest BCUT2D eigenvalue weighted by Crippen LogP contribution is 2.25. The molecule has 0 bridgehead atoms. The van der Waals surface area contributed by atoms with Crippen LogP contribution in [0.15, 0.2) is 30.3 Å². The molecule has 2 atom stereocenters. The Labute approximate surface area is 170 Å². The van der Waals surface area contributed by atoms with Crippen LogP contribution < -0.4 is 11.1 Å². The zero-order valence-electron chi connectivity index (χ0n) is 16.1. The number of nitrogens with zero attached hydrogens (tertiary/aromatic N) is 1. The molecule has 2 amide bonds. The van der Waals surface area contributed by atoms with E-state index < -0.39 is 33.4 Å². The summed E-state index contributed by atoms with van der Waals surface area (Å²) in [6.45, 7) is -0.290. The van der Waals surface area contributed by atoms with Gasteiger partial charge in [0.1, 0.15) is 17.9 Å². The largest absolute Gasteiger partial charge is 0.445 e. The van der Waals surface area contributed by atoms with Crippen LogP contribution in [-0.2, 0) is 26.3 Å². The van der Waals surface area contributed by atoms with Crippen LogP contribution in [0.4, 0.5) is 4.79 Å². The van der Waals surface area contributed by atoms with Crippen molar-refractivity contribution in [1.82, 2.24) is 10.2 Å². The van der Waals surface area contributed by atoms with Crippen molar-refractivity contribution in [3.63, 3.8) is 0 Å². The molecule has 1 saturated carbocycles. The molecule has 4 N–H and O–H groups in total. The quantitative estimate of drug-likeness (QED) is 0.599. The summed E-state index contributed by atoms with van der Waals surface area (Å²) in [6.07, 6.45) is 2.11. The van der Waals surface area contributed by atoms with Crippen molar-refractivity contribution in [2.75, 3.05) is 6.54 Å². The Kier molecular flexibility index (Phi) is 6.76. The number of hydrogen-bond acceptors (Lipinski definition) is 6. The molecular formula is C19H27N3O6S. The van der Waals surface area contributed by atoms with Gasteiger partial charge in [-0.15, -0.1) is 0 Å². The van der Waals surface area contributed by atoms with Crippen LogP contribution in [0.5, 0.6) is 0 Å². The number of hydrogen-bond donors (Lipinski definition) is 3. The SMILES string of the molecule is N[C@H]1CC[C@H](NC(=O)[C@@H]2C[C@H](S(=O)(=O)O)CN2C(=O)OCc2ccccc2)CC1. The number of amides is 2. The van der Waals surface area contributed by atoms with Crippen molar-refractivity contribution < 1.29 is 27.3 Å². The minimum atomic E-state index is -4.39. The lowest BCUT2D eigenvalue weighted by atomic mass is 9.91. The van der Waals surface area contributed by atoms with E-state index in [-0.39, 0.29) is 31.7 Å². The molecule has 0 aromatic heterocycles. The lowest BCUT2D eigenvalue weighted by Crippen LogP contribution is -2.50. The fourth-order valence-corrected chi connectivity index (χ4v) is 4.60. The summed E-state index contributed by atoms with van der Waals surface area (Å²) >= 11 is 0. The Morgan fingerprint density at radius 1 is 1.17 bits per heavy atom. The molecule has 0 unspecified atom stereocenters. The van der Waals surface area contributed by atoms with Crippen LogP contribution in [0.2, 0.25) is 0 Å². The van der Waals surface area contributed by atoms with Gasteiger partial charge in [0.25, 0.3) is 10.1 Å². The molecule has 1 heterocycles. The third-order valence-corrected chi connectivity index (χ3v) is 6.73. The first-order valence-electron chi connectivity index (χ1n) is 9.73. The highest BCUT2D eigenvalue weighted by molar-refractivity contribution is 7.86. The predicted molar refractivity (Wildman–Crippen MR) is 105 cm³/mol. The average molecular weight is 426 g/mol. The van der Waals surface area contributed by atoms with E-state index >= 15 is 0 Å². The van der Waals surface area contributed by atoms with E-state index in [4.69, 9.17) is 10.5 Å². The maximum absolute atomic E-state index is 12.8. The Morgan fingerprint density at radius 2 is 1.83 bits per heavy atom. The molecule has 0 spiro atoms. The molecule has 1 aromatic carbocycles. The second-order valence-electron chi connectivity index (χ2n) is 7.70. The lowest BCUT2D eigenvalue weighted by molar-refractivity contribution is -0.126. The first-order valence-corrected chi connectivity index (χ1v) is 11.2. The second kappa shape index (κ2) is 9.10. The summed E-state index contributed by atoms with van der Waals surface area (Å²) in [6, 6.07) is 8.07. The zero-order chi connectivity index (χ0) is 21.0. The maximum Gasteiger partial charge on any atom is 0.410 e. The average Bonchev–Trinajstić information content (AvgIpc) is 3.15. The van der Waals surface area contributed by atoms with Crippen LogP contribution in [0.3, 0.4) is 0 Å². The third kappa shape index (κ3) is 5.68. The van der Waals surface area contributed by atoms with Crippen molar-refractivity contribution in [3.05, 3.63) is 35.9 Å². The lowest BCUT2D eigenvalue weighted by Gasteiger charge is -2.29. The molecule has 1 aromatic rings. The topological polar surface area (TPSA) is 139 Å². The molecule has 0 radical (unpaired) electrons. The Morgan fingerprint density at radius 3 is 2.45 bits per heavy atom. The Balaban J connectivity index is 1.66. The van der Waals surface area contributed by atoms with E-state index in [1.54, 1.807) is 24.3 Å². The Hall–Kier alpha value is -2.17. The molecule has 2 fully saturated rings. The molecule has 1 aliphatic carbocycles. The van der Waals surface area contributed by atoms with E-state index in [0.29, 0.717) is 0 Å². The van der Waals surface area contributed by atoms with Gasteiger partial charge in [0, 0.05) is 18.6 Å². The van der Waals surface area contributed by atoms with Crippen LogP contribution in [0.25, 0.3) is 0 Å². The van der Waals surface area contributed by atoms with Gasteiger partial charge in [-0.1, -0.05) is 30.3 Å². The van der Waals surface area contributed by atoms with Crippen LogP contribution in [0, 0.1) is 0 Å². The first-order chi connectivity index (χ1) is 13.7. The zero-order valence-corrected chi connectivity index (χ0v) is 16.9. The maximum atomic E-state index is 12.8. The molecule has 10 heteroatoms. The van der Waals surface area contributed by atoms with Crippen molar-refractivity contribution in [1.29, 1.82) is 0 Å². The molecule has 3 rings (SSSR count). The highest BCUT2D eigenvalue weighted by Gasteiger charge is 2.45. The summed E-state index contributed by atoms with van der Waals surface area (Å²) in [4.78, 5) is 26.4. The van der Waals surface area contributed by atoms with Gasteiger partial charge in [-0.25, -0.2) is 4.79 Å². The van der Waals surface area contributed by atoms with E-state index in [0.717, 1.165) is 36.1 Å². The normalized spacial score (nSPS) is 27.4. The molecule has 9 nitrogen and oxygen atoms in total. The summed E-state index contributed by atoms with van der Waals surface area (Å²) < 4.78 is 37.9. The Bertz CT molecular complexity index is 824. The highest BCUT2D eigenvalue weighted by atomic mass is 32.2. The van der Waals surface area contributed by atoms with Crippen molar-refractivity contribution >= 4 is 22.1 Å². The molecule has 1 aliphatic heterocycles. The molecule has 2 aliphatic rings. The molecule has 160 valence electrons. The van der Waals surface area contributed by atoms with Gasteiger partial charge in [-0.3, -0.25) is 14.2 Å². The van der Waals surface area contributed by atoms with Gasteiger partial charge in [0.05, 0.1) is 0 Å². The van der Waals surface area contributed by atoms with Gasteiger partial charge in [0.15, 0.2) is 0 Å². The van der Waals surface area contributed by atoms with Crippen molar-refractivity contribution in [2.45, 2.75) is 62.1 Å². The van der Waals surface area contributed by atoms with Crippen LogP contribution >= 0.6 is 0 Å². The number of benzene rings is 1. The third-order valence-electron chi connectivity index (χ3n) is 5.54. The fourth-order valence-electron chi connectivity index (χ4n) is 3.83. The summed E-state index contributed by atoms with van der Waals surface area (Å²) in [5.41, 5.74) is 6.65. The van der Waals surface area contributed by atoms with Gasteiger partial charge in [-0.05, 0) is 37.7 Å².